The van der Waals surface area contributed by atoms with Crippen LogP contribution in [0.2, 0.25) is 0 Å². The number of hydrogen-bond donors (Lipinski definition) is 1. The van der Waals surface area contributed by atoms with Gasteiger partial charge in [0.1, 0.15) is 11.1 Å². The highest BCUT2D eigenvalue weighted by atomic mass is 32.1. The Bertz CT molecular complexity index is 1290. The van der Waals surface area contributed by atoms with Crippen LogP contribution in [0.3, 0.4) is 0 Å². The molecule has 8 nitrogen and oxygen atoms in total. The summed E-state index contributed by atoms with van der Waals surface area (Å²) >= 11 is 1.40. The van der Waals surface area contributed by atoms with E-state index in [2.05, 4.69) is 16.5 Å². The molecule has 1 N–H and O–H groups in total. The lowest BCUT2D eigenvalue weighted by Crippen LogP contribution is -2.27. The van der Waals surface area contributed by atoms with Gasteiger partial charge >= 0.3 is 5.97 Å². The van der Waals surface area contributed by atoms with Gasteiger partial charge in [0.2, 0.25) is 0 Å². The number of carbonyl (C=O) groups excluding carboxylic acids is 2. The molecule has 2 aromatic heterocycles. The summed E-state index contributed by atoms with van der Waals surface area (Å²) in [6.07, 6.45) is 3.44. The van der Waals surface area contributed by atoms with E-state index < -0.39 is 18.5 Å². The highest BCUT2D eigenvalue weighted by molar-refractivity contribution is 7.16. The predicted molar refractivity (Wildman–Crippen MR) is 116 cm³/mol. The summed E-state index contributed by atoms with van der Waals surface area (Å²) in [6.45, 7) is 1.75. The number of aryl methyl sites for hydroxylation is 2. The van der Waals surface area contributed by atoms with Gasteiger partial charge in [-0.25, -0.2) is 9.48 Å². The number of rotatable bonds is 6. The topological polar surface area (TPSA) is 114 Å². The smallest absolute Gasteiger partial charge is 0.359 e. The molecule has 2 heterocycles. The van der Waals surface area contributed by atoms with Gasteiger partial charge in [-0.1, -0.05) is 25.1 Å². The Kier molecular flexibility index (Phi) is 5.82. The summed E-state index contributed by atoms with van der Waals surface area (Å²) in [5.74, 6) is -1.32. The Balaban J connectivity index is 1.51. The van der Waals surface area contributed by atoms with E-state index >= 15 is 0 Å². The molecule has 1 aliphatic carbocycles. The summed E-state index contributed by atoms with van der Waals surface area (Å²) in [7, 11) is 0. The third-order valence-electron chi connectivity index (χ3n) is 5.12. The van der Waals surface area contributed by atoms with Crippen molar-refractivity contribution >= 4 is 39.0 Å². The molecule has 1 aliphatic rings. The van der Waals surface area contributed by atoms with Crippen molar-refractivity contribution < 1.29 is 14.3 Å². The number of hydrogen-bond acceptors (Lipinski definition) is 7. The van der Waals surface area contributed by atoms with Crippen molar-refractivity contribution in [3.05, 3.63) is 56.3 Å². The first-order valence-electron chi connectivity index (χ1n) is 10.0. The summed E-state index contributed by atoms with van der Waals surface area (Å²) in [5.41, 5.74) is 1.22. The van der Waals surface area contributed by atoms with Gasteiger partial charge < -0.3 is 10.1 Å². The number of nitriles is 1. The summed E-state index contributed by atoms with van der Waals surface area (Å²) in [5, 5.41) is 17.5. The molecule has 0 bridgehead atoms. The third-order valence-corrected chi connectivity index (χ3v) is 6.32. The van der Waals surface area contributed by atoms with Crippen molar-refractivity contribution in [3.8, 4) is 6.07 Å². The minimum Gasteiger partial charge on any atom is -0.451 e. The van der Waals surface area contributed by atoms with Crippen molar-refractivity contribution in [1.29, 1.82) is 5.26 Å². The molecule has 0 fully saturated rings. The highest BCUT2D eigenvalue weighted by Gasteiger charge is 2.24. The van der Waals surface area contributed by atoms with E-state index in [1.54, 1.807) is 24.3 Å². The van der Waals surface area contributed by atoms with Crippen molar-refractivity contribution in [2.24, 2.45) is 0 Å². The zero-order valence-electron chi connectivity index (χ0n) is 16.9. The molecule has 0 spiro atoms. The molecule has 1 amide bonds. The zero-order valence-corrected chi connectivity index (χ0v) is 17.8. The first kappa shape index (κ1) is 20.8. The molecular weight excluding hydrogens is 416 g/mol. The summed E-state index contributed by atoms with van der Waals surface area (Å²) in [4.78, 5) is 38.7. The van der Waals surface area contributed by atoms with Gasteiger partial charge in [0.05, 0.1) is 10.9 Å². The van der Waals surface area contributed by atoms with Crippen LogP contribution in [0.5, 0.6) is 0 Å². The number of aromatic nitrogens is 2. The van der Waals surface area contributed by atoms with Crippen molar-refractivity contribution in [3.63, 3.8) is 0 Å². The number of nitrogens with one attached hydrogen (secondary N) is 1. The van der Waals surface area contributed by atoms with Crippen LogP contribution in [0.1, 0.15) is 46.3 Å². The van der Waals surface area contributed by atoms with Crippen molar-refractivity contribution in [2.75, 3.05) is 11.9 Å². The maximum Gasteiger partial charge on any atom is 0.359 e. The lowest BCUT2D eigenvalue weighted by atomic mass is 10.1. The molecule has 0 aliphatic heterocycles. The maximum atomic E-state index is 12.7. The van der Waals surface area contributed by atoms with Crippen LogP contribution in [-0.4, -0.2) is 28.3 Å². The number of anilines is 1. The van der Waals surface area contributed by atoms with Gasteiger partial charge in [0.25, 0.3) is 11.5 Å². The summed E-state index contributed by atoms with van der Waals surface area (Å²) < 4.78 is 6.43. The number of amides is 1. The van der Waals surface area contributed by atoms with E-state index in [0.29, 0.717) is 34.3 Å². The van der Waals surface area contributed by atoms with Gasteiger partial charge in [-0.2, -0.15) is 10.4 Å². The van der Waals surface area contributed by atoms with Gasteiger partial charge in [0, 0.05) is 16.8 Å². The van der Waals surface area contributed by atoms with Crippen LogP contribution in [0, 0.1) is 11.3 Å². The number of carbonyl (C=O) groups is 2. The maximum absolute atomic E-state index is 12.7. The lowest BCUT2D eigenvalue weighted by Gasteiger charge is -2.10. The van der Waals surface area contributed by atoms with Gasteiger partial charge in [-0.15, -0.1) is 11.3 Å². The second-order valence-electron chi connectivity index (χ2n) is 7.22. The van der Waals surface area contributed by atoms with Gasteiger partial charge in [-0.05, 0) is 37.3 Å². The highest BCUT2D eigenvalue weighted by Crippen LogP contribution is 2.38. The first-order chi connectivity index (χ1) is 15.0. The molecular formula is C22H20N4O4S. The van der Waals surface area contributed by atoms with Crippen molar-refractivity contribution in [1.82, 2.24) is 9.78 Å². The average Bonchev–Trinajstić information content (AvgIpc) is 3.35. The standard InChI is InChI=1S/C22H20N4O4S/c1-2-10-26-21(28)15-7-4-3-6-14(15)19(25-26)22(29)30-12-18(27)24-20-16(11-23)13-8-5-9-17(13)31-20/h3-4,6-7H,2,5,8-10,12H2,1H3,(H,24,27). The molecule has 31 heavy (non-hydrogen) atoms. The first-order valence-corrected chi connectivity index (χ1v) is 10.9. The average molecular weight is 436 g/mol. The minimum atomic E-state index is -0.787. The Morgan fingerprint density at radius 1 is 1.29 bits per heavy atom. The van der Waals surface area contributed by atoms with E-state index in [4.69, 9.17) is 4.74 Å². The molecule has 0 saturated carbocycles. The number of ether oxygens (including phenoxy) is 1. The number of nitrogens with zero attached hydrogens (tertiary/aromatic N) is 3. The van der Waals surface area contributed by atoms with Crippen LogP contribution in [0.15, 0.2) is 29.1 Å². The number of benzene rings is 1. The minimum absolute atomic E-state index is 0.00994. The molecule has 0 saturated heterocycles. The fourth-order valence-corrected chi connectivity index (χ4v) is 4.98. The second-order valence-corrected chi connectivity index (χ2v) is 8.33. The second kappa shape index (κ2) is 8.70. The largest absolute Gasteiger partial charge is 0.451 e. The van der Waals surface area contributed by atoms with E-state index in [-0.39, 0.29) is 11.3 Å². The Morgan fingerprint density at radius 2 is 2.06 bits per heavy atom. The molecule has 0 atom stereocenters. The fourth-order valence-electron chi connectivity index (χ4n) is 3.72. The van der Waals surface area contributed by atoms with Crippen LogP contribution in [-0.2, 0) is 28.9 Å². The Morgan fingerprint density at radius 3 is 2.81 bits per heavy atom. The number of fused-ring (bicyclic) bond motifs is 2. The third kappa shape index (κ3) is 3.94. The molecule has 3 aromatic rings. The van der Waals surface area contributed by atoms with Crippen LogP contribution in [0.25, 0.3) is 10.8 Å². The molecule has 0 unspecified atom stereocenters. The van der Waals surface area contributed by atoms with Gasteiger partial charge in [0.15, 0.2) is 12.3 Å². The predicted octanol–water partition coefficient (Wildman–Crippen LogP) is 3.02. The molecule has 4 rings (SSSR count). The fraction of sp³-hybridized carbons (Fsp3) is 0.318. The number of thiophene rings is 1. The van der Waals surface area contributed by atoms with E-state index in [1.807, 2.05) is 6.92 Å². The quantitative estimate of drug-likeness (QED) is 0.594. The van der Waals surface area contributed by atoms with E-state index in [9.17, 15) is 19.6 Å². The van der Waals surface area contributed by atoms with E-state index in [1.165, 1.54) is 16.0 Å². The normalized spacial score (nSPS) is 12.4. The van der Waals surface area contributed by atoms with Crippen LogP contribution in [0.4, 0.5) is 5.00 Å². The van der Waals surface area contributed by atoms with Crippen LogP contribution >= 0.6 is 11.3 Å². The van der Waals surface area contributed by atoms with Crippen LogP contribution < -0.4 is 10.9 Å². The van der Waals surface area contributed by atoms with Crippen molar-refractivity contribution in [2.45, 2.75) is 39.2 Å². The number of esters is 1. The molecule has 158 valence electrons. The monoisotopic (exact) mass is 436 g/mol. The Hall–Kier alpha value is -3.51. The lowest BCUT2D eigenvalue weighted by molar-refractivity contribution is -0.119. The molecule has 1 aromatic carbocycles. The van der Waals surface area contributed by atoms with Gasteiger partial charge in [-0.3, -0.25) is 9.59 Å². The molecule has 0 radical (unpaired) electrons. The Labute approximate surface area is 182 Å². The SMILES string of the molecule is CCCn1nc(C(=O)OCC(=O)Nc2sc3c(c2C#N)CCC3)c2ccccc2c1=O. The summed E-state index contributed by atoms with van der Waals surface area (Å²) in [6, 6.07) is 8.84. The zero-order chi connectivity index (χ0) is 22.0. The molecule has 9 heteroatoms. The van der Waals surface area contributed by atoms with E-state index in [0.717, 1.165) is 29.7 Å².